The van der Waals surface area contributed by atoms with Crippen LogP contribution >= 0.6 is 11.3 Å². The molecule has 0 aliphatic heterocycles. The van der Waals surface area contributed by atoms with Gasteiger partial charge in [0.2, 0.25) is 5.89 Å². The number of ether oxygens (including phenoxy) is 1. The first-order valence-corrected chi connectivity index (χ1v) is 8.51. The van der Waals surface area contributed by atoms with E-state index >= 15 is 0 Å². The maximum atomic E-state index is 12.1. The number of benzene rings is 2. The van der Waals surface area contributed by atoms with Gasteiger partial charge in [-0.05, 0) is 47.8 Å². The molecule has 0 saturated carbocycles. The fourth-order valence-electron chi connectivity index (χ4n) is 2.46. The molecule has 4 rings (SSSR count). The first-order chi connectivity index (χ1) is 12.2. The molecule has 0 spiro atoms. The van der Waals surface area contributed by atoms with Crippen LogP contribution in [0, 0.1) is 0 Å². The molecule has 0 bridgehead atoms. The predicted octanol–water partition coefficient (Wildman–Crippen LogP) is 4.82. The van der Waals surface area contributed by atoms with Crippen molar-refractivity contribution in [1.29, 1.82) is 0 Å². The highest BCUT2D eigenvalue weighted by Crippen LogP contribution is 2.27. The van der Waals surface area contributed by atoms with Crippen LogP contribution in [0.15, 0.2) is 64.4 Å². The van der Waals surface area contributed by atoms with Crippen molar-refractivity contribution in [3.8, 4) is 17.2 Å². The van der Waals surface area contributed by atoms with Gasteiger partial charge in [0.15, 0.2) is 5.58 Å². The number of fused-ring (bicyclic) bond motifs is 1. The third kappa shape index (κ3) is 3.12. The number of carbonyl (C=O) groups is 1. The molecular formula is C19H14N2O3S. The first kappa shape index (κ1) is 15.4. The Morgan fingerprint density at radius 3 is 2.72 bits per heavy atom. The van der Waals surface area contributed by atoms with Crippen LogP contribution in [0.3, 0.4) is 0 Å². The highest BCUT2D eigenvalue weighted by atomic mass is 32.1. The molecule has 0 saturated heterocycles. The molecule has 124 valence electrons. The number of amides is 1. The Morgan fingerprint density at radius 1 is 1.16 bits per heavy atom. The second-order valence-electron chi connectivity index (χ2n) is 5.36. The number of aromatic nitrogens is 1. The number of nitrogens with one attached hydrogen (secondary N) is 1. The summed E-state index contributed by atoms with van der Waals surface area (Å²) in [6.45, 7) is 0. The Bertz CT molecular complexity index is 1020. The molecular weight excluding hydrogens is 336 g/mol. The van der Waals surface area contributed by atoms with E-state index < -0.39 is 0 Å². The lowest BCUT2D eigenvalue weighted by Crippen LogP contribution is -2.09. The van der Waals surface area contributed by atoms with E-state index in [1.165, 1.54) is 11.3 Å². The van der Waals surface area contributed by atoms with Crippen molar-refractivity contribution in [2.75, 3.05) is 12.4 Å². The van der Waals surface area contributed by atoms with E-state index in [0.29, 0.717) is 22.0 Å². The summed E-state index contributed by atoms with van der Waals surface area (Å²) in [7, 11) is 1.63. The number of nitrogens with zero attached hydrogens (tertiary/aromatic N) is 1. The summed E-state index contributed by atoms with van der Waals surface area (Å²) in [5.74, 6) is 1.17. The topological polar surface area (TPSA) is 64.4 Å². The summed E-state index contributed by atoms with van der Waals surface area (Å²) < 4.78 is 11.0. The molecule has 0 aliphatic rings. The molecule has 2 aromatic carbocycles. The molecule has 1 amide bonds. The van der Waals surface area contributed by atoms with E-state index in [-0.39, 0.29) is 5.91 Å². The van der Waals surface area contributed by atoms with Crippen molar-refractivity contribution in [3.05, 3.63) is 64.9 Å². The van der Waals surface area contributed by atoms with Gasteiger partial charge in [-0.15, -0.1) is 11.3 Å². The van der Waals surface area contributed by atoms with Crippen molar-refractivity contribution in [1.82, 2.24) is 4.98 Å². The molecule has 2 heterocycles. The minimum Gasteiger partial charge on any atom is -0.497 e. The third-order valence-corrected chi connectivity index (χ3v) is 4.60. The Labute approximate surface area is 147 Å². The van der Waals surface area contributed by atoms with E-state index in [1.54, 1.807) is 19.2 Å². The van der Waals surface area contributed by atoms with Crippen molar-refractivity contribution in [2.45, 2.75) is 0 Å². The second-order valence-corrected chi connectivity index (χ2v) is 6.31. The van der Waals surface area contributed by atoms with E-state index in [9.17, 15) is 4.79 Å². The smallest absolute Gasteiger partial charge is 0.265 e. The quantitative estimate of drug-likeness (QED) is 0.573. The van der Waals surface area contributed by atoms with Gasteiger partial charge in [-0.3, -0.25) is 4.79 Å². The van der Waals surface area contributed by atoms with Gasteiger partial charge in [0.1, 0.15) is 11.3 Å². The number of thiophene rings is 1. The standard InChI is InChI=1S/C19H14N2O3S/c1-23-14-7-4-12(5-8-14)19-21-15-9-6-13(11-16(15)24-19)20-18(22)17-3-2-10-25-17/h2-11H,1H3,(H,20,22). The molecule has 2 aromatic heterocycles. The molecule has 0 atom stereocenters. The molecule has 25 heavy (non-hydrogen) atoms. The minimum atomic E-state index is -0.135. The molecule has 0 radical (unpaired) electrons. The molecule has 6 heteroatoms. The Hall–Kier alpha value is -3.12. The number of methoxy groups -OCH3 is 1. The van der Waals surface area contributed by atoms with E-state index in [0.717, 1.165) is 16.8 Å². The predicted molar refractivity (Wildman–Crippen MR) is 98.3 cm³/mol. The minimum absolute atomic E-state index is 0.135. The average molecular weight is 350 g/mol. The summed E-state index contributed by atoms with van der Waals surface area (Å²) in [6, 6.07) is 16.6. The fraction of sp³-hybridized carbons (Fsp3) is 0.0526. The second kappa shape index (κ2) is 6.41. The number of rotatable bonds is 4. The lowest BCUT2D eigenvalue weighted by atomic mass is 10.2. The number of oxazole rings is 1. The Kier molecular flexibility index (Phi) is 3.95. The van der Waals surface area contributed by atoms with Gasteiger partial charge in [0, 0.05) is 17.3 Å². The van der Waals surface area contributed by atoms with Gasteiger partial charge in [-0.25, -0.2) is 4.98 Å². The summed E-state index contributed by atoms with van der Waals surface area (Å²) >= 11 is 1.40. The monoisotopic (exact) mass is 350 g/mol. The number of carbonyl (C=O) groups excluding carboxylic acids is 1. The molecule has 4 aromatic rings. The summed E-state index contributed by atoms with van der Waals surface area (Å²) in [4.78, 5) is 17.3. The zero-order chi connectivity index (χ0) is 17.2. The SMILES string of the molecule is COc1ccc(-c2nc3ccc(NC(=O)c4cccs4)cc3o2)cc1. The lowest BCUT2D eigenvalue weighted by Gasteiger charge is -2.02. The molecule has 0 fully saturated rings. The summed E-state index contributed by atoms with van der Waals surface area (Å²) in [5, 5.41) is 4.74. The van der Waals surface area contributed by atoms with Gasteiger partial charge in [-0.2, -0.15) is 0 Å². The van der Waals surface area contributed by atoms with Crippen LogP contribution in [0.4, 0.5) is 5.69 Å². The highest BCUT2D eigenvalue weighted by Gasteiger charge is 2.11. The van der Waals surface area contributed by atoms with E-state index in [2.05, 4.69) is 10.3 Å². The maximum Gasteiger partial charge on any atom is 0.265 e. The normalized spacial score (nSPS) is 10.8. The van der Waals surface area contributed by atoms with Crippen LogP contribution in [0.1, 0.15) is 9.67 Å². The summed E-state index contributed by atoms with van der Waals surface area (Å²) in [6.07, 6.45) is 0. The van der Waals surface area contributed by atoms with Crippen molar-refractivity contribution in [3.63, 3.8) is 0 Å². The van der Waals surface area contributed by atoms with Gasteiger partial charge in [0.05, 0.1) is 12.0 Å². The van der Waals surface area contributed by atoms with Crippen LogP contribution in [-0.2, 0) is 0 Å². The van der Waals surface area contributed by atoms with Crippen LogP contribution in [0.5, 0.6) is 5.75 Å². The van der Waals surface area contributed by atoms with Crippen molar-refractivity contribution < 1.29 is 13.9 Å². The largest absolute Gasteiger partial charge is 0.497 e. The van der Waals surface area contributed by atoms with Crippen LogP contribution in [-0.4, -0.2) is 18.0 Å². The highest BCUT2D eigenvalue weighted by molar-refractivity contribution is 7.12. The molecule has 0 aliphatic carbocycles. The Balaban J connectivity index is 1.61. The zero-order valence-electron chi connectivity index (χ0n) is 13.4. The van der Waals surface area contributed by atoms with Crippen molar-refractivity contribution >= 4 is 34.0 Å². The molecule has 5 nitrogen and oxygen atoms in total. The van der Waals surface area contributed by atoms with Crippen LogP contribution < -0.4 is 10.1 Å². The number of anilines is 1. The van der Waals surface area contributed by atoms with E-state index in [1.807, 2.05) is 47.8 Å². The molecule has 1 N–H and O–H groups in total. The molecule has 0 unspecified atom stereocenters. The zero-order valence-corrected chi connectivity index (χ0v) is 14.2. The van der Waals surface area contributed by atoms with Crippen molar-refractivity contribution in [2.24, 2.45) is 0 Å². The average Bonchev–Trinajstić information content (AvgIpc) is 3.31. The summed E-state index contributed by atoms with van der Waals surface area (Å²) in [5.41, 5.74) is 2.89. The maximum absolute atomic E-state index is 12.1. The van der Waals surface area contributed by atoms with E-state index in [4.69, 9.17) is 9.15 Å². The van der Waals surface area contributed by atoms with Gasteiger partial charge >= 0.3 is 0 Å². The van der Waals surface area contributed by atoms with Crippen LogP contribution in [0.25, 0.3) is 22.6 Å². The van der Waals surface area contributed by atoms with Gasteiger partial charge < -0.3 is 14.5 Å². The lowest BCUT2D eigenvalue weighted by molar-refractivity contribution is 0.103. The first-order valence-electron chi connectivity index (χ1n) is 7.63. The van der Waals surface area contributed by atoms with Crippen LogP contribution in [0.2, 0.25) is 0 Å². The third-order valence-electron chi connectivity index (χ3n) is 3.73. The fourth-order valence-corrected chi connectivity index (χ4v) is 3.08. The Morgan fingerprint density at radius 2 is 2.00 bits per heavy atom. The number of hydrogen-bond donors (Lipinski definition) is 1. The number of hydrogen-bond acceptors (Lipinski definition) is 5. The van der Waals surface area contributed by atoms with Gasteiger partial charge in [-0.1, -0.05) is 6.07 Å². The van der Waals surface area contributed by atoms with Gasteiger partial charge in [0.25, 0.3) is 5.91 Å².